The predicted octanol–water partition coefficient (Wildman–Crippen LogP) is 3.50. The lowest BCUT2D eigenvalue weighted by molar-refractivity contribution is 0.225. The van der Waals surface area contributed by atoms with Crippen LogP contribution >= 0.6 is 24.0 Å². The Morgan fingerprint density at radius 1 is 1.38 bits per heavy atom. The number of nitrogens with zero attached hydrogens (tertiary/aromatic N) is 2. The number of nitrogens with one attached hydrogen (secondary N) is 2. The molecule has 1 heterocycles. The minimum absolute atomic E-state index is 0. The van der Waals surface area contributed by atoms with Crippen molar-refractivity contribution < 1.29 is 8.78 Å². The molecule has 1 aromatic rings. The first-order valence-corrected chi connectivity index (χ1v) is 8.78. The molecule has 1 saturated heterocycles. The molecule has 146 valence electrons. The highest BCUT2D eigenvalue weighted by atomic mass is 127. The molecule has 0 spiro atoms. The SMILES string of the molecule is C=CCN1CCC(NC(=NC)NCC(C)c2ccc(F)cc2F)CC1.I. The van der Waals surface area contributed by atoms with Crippen LogP contribution < -0.4 is 10.6 Å². The van der Waals surface area contributed by atoms with Gasteiger partial charge in [0.2, 0.25) is 0 Å². The molecule has 2 rings (SSSR count). The Labute approximate surface area is 172 Å². The smallest absolute Gasteiger partial charge is 0.191 e. The molecule has 0 radical (unpaired) electrons. The second-order valence-corrected chi connectivity index (χ2v) is 6.53. The van der Waals surface area contributed by atoms with Crippen LogP contribution in [0.2, 0.25) is 0 Å². The van der Waals surface area contributed by atoms with Crippen molar-refractivity contribution in [3.05, 3.63) is 48.1 Å². The van der Waals surface area contributed by atoms with Crippen molar-refractivity contribution in [2.45, 2.75) is 31.7 Å². The average molecular weight is 478 g/mol. The van der Waals surface area contributed by atoms with E-state index in [1.807, 2.05) is 13.0 Å². The number of piperidine rings is 1. The van der Waals surface area contributed by atoms with Gasteiger partial charge in [0.1, 0.15) is 11.6 Å². The number of rotatable bonds is 6. The van der Waals surface area contributed by atoms with Crippen molar-refractivity contribution in [3.63, 3.8) is 0 Å². The summed E-state index contributed by atoms with van der Waals surface area (Å²) < 4.78 is 26.9. The van der Waals surface area contributed by atoms with E-state index in [0.717, 1.165) is 44.5 Å². The van der Waals surface area contributed by atoms with E-state index in [9.17, 15) is 8.78 Å². The number of guanidine groups is 1. The van der Waals surface area contributed by atoms with Crippen molar-refractivity contribution in [1.29, 1.82) is 0 Å². The maximum atomic E-state index is 13.9. The summed E-state index contributed by atoms with van der Waals surface area (Å²) in [5.74, 6) is -0.432. The molecule has 4 nitrogen and oxygen atoms in total. The Kier molecular flexibility index (Phi) is 10.1. The van der Waals surface area contributed by atoms with Gasteiger partial charge in [-0.2, -0.15) is 0 Å². The van der Waals surface area contributed by atoms with Crippen LogP contribution in [-0.4, -0.2) is 50.1 Å². The summed E-state index contributed by atoms with van der Waals surface area (Å²) in [6, 6.07) is 4.10. The molecule has 0 aliphatic carbocycles. The topological polar surface area (TPSA) is 39.7 Å². The van der Waals surface area contributed by atoms with Crippen LogP contribution in [0.15, 0.2) is 35.8 Å². The fourth-order valence-corrected chi connectivity index (χ4v) is 3.09. The highest BCUT2D eigenvalue weighted by molar-refractivity contribution is 14.0. The number of likely N-dealkylation sites (tertiary alicyclic amines) is 1. The van der Waals surface area contributed by atoms with Crippen molar-refractivity contribution >= 4 is 29.9 Å². The van der Waals surface area contributed by atoms with Crippen LogP contribution in [0.3, 0.4) is 0 Å². The van der Waals surface area contributed by atoms with E-state index in [1.54, 1.807) is 7.05 Å². The molecule has 0 aromatic heterocycles. The lowest BCUT2D eigenvalue weighted by atomic mass is 10.0. The summed E-state index contributed by atoms with van der Waals surface area (Å²) in [6.45, 7) is 9.22. The normalized spacial score (nSPS) is 17.3. The Bertz CT molecular complexity index is 601. The molecule has 0 bridgehead atoms. The number of halogens is 3. The third-order valence-corrected chi connectivity index (χ3v) is 4.61. The molecule has 1 aliphatic heterocycles. The fraction of sp³-hybridized carbons (Fsp3) is 0.526. The van der Waals surface area contributed by atoms with E-state index >= 15 is 0 Å². The van der Waals surface area contributed by atoms with Crippen LogP contribution in [0.5, 0.6) is 0 Å². The quantitative estimate of drug-likeness (QED) is 0.285. The zero-order valence-corrected chi connectivity index (χ0v) is 17.8. The lowest BCUT2D eigenvalue weighted by Gasteiger charge is -2.32. The third-order valence-electron chi connectivity index (χ3n) is 4.61. The second kappa shape index (κ2) is 11.5. The van der Waals surface area contributed by atoms with Crippen molar-refractivity contribution in [1.82, 2.24) is 15.5 Å². The molecule has 1 aromatic carbocycles. The van der Waals surface area contributed by atoms with Gasteiger partial charge >= 0.3 is 0 Å². The van der Waals surface area contributed by atoms with Gasteiger partial charge in [0, 0.05) is 51.3 Å². The number of hydrogen-bond donors (Lipinski definition) is 2. The summed E-state index contributed by atoms with van der Waals surface area (Å²) in [6.07, 6.45) is 4.04. The predicted molar refractivity (Wildman–Crippen MR) is 114 cm³/mol. The van der Waals surface area contributed by atoms with Gasteiger partial charge in [0.15, 0.2) is 5.96 Å². The first kappa shape index (κ1) is 22.8. The summed E-state index contributed by atoms with van der Waals surface area (Å²) in [5.41, 5.74) is 0.502. The van der Waals surface area contributed by atoms with E-state index in [2.05, 4.69) is 27.1 Å². The van der Waals surface area contributed by atoms with Gasteiger partial charge in [-0.25, -0.2) is 8.78 Å². The Hall–Kier alpha value is -1.22. The molecule has 7 heteroatoms. The summed E-state index contributed by atoms with van der Waals surface area (Å²) in [4.78, 5) is 6.63. The monoisotopic (exact) mass is 478 g/mol. The summed E-state index contributed by atoms with van der Waals surface area (Å²) in [7, 11) is 1.73. The van der Waals surface area contributed by atoms with E-state index in [4.69, 9.17) is 0 Å². The van der Waals surface area contributed by atoms with E-state index < -0.39 is 11.6 Å². The molecule has 1 unspecified atom stereocenters. The maximum Gasteiger partial charge on any atom is 0.191 e. The third kappa shape index (κ3) is 6.83. The van der Waals surface area contributed by atoms with Gasteiger partial charge < -0.3 is 10.6 Å². The molecule has 2 N–H and O–H groups in total. The Balaban J connectivity index is 0.00000338. The minimum Gasteiger partial charge on any atom is -0.356 e. The Morgan fingerprint density at radius 3 is 2.65 bits per heavy atom. The van der Waals surface area contributed by atoms with Crippen LogP contribution in [0.25, 0.3) is 0 Å². The van der Waals surface area contributed by atoms with Gasteiger partial charge in [-0.15, -0.1) is 30.6 Å². The van der Waals surface area contributed by atoms with Crippen LogP contribution in [-0.2, 0) is 0 Å². The molecular weight excluding hydrogens is 449 g/mol. The van der Waals surface area contributed by atoms with Crippen LogP contribution in [0.1, 0.15) is 31.2 Å². The molecule has 0 saturated carbocycles. The highest BCUT2D eigenvalue weighted by Gasteiger charge is 2.19. The highest BCUT2D eigenvalue weighted by Crippen LogP contribution is 2.19. The molecular formula is C19H29F2IN4. The van der Waals surface area contributed by atoms with Gasteiger partial charge in [-0.05, 0) is 24.5 Å². The van der Waals surface area contributed by atoms with Crippen LogP contribution in [0.4, 0.5) is 8.78 Å². The van der Waals surface area contributed by atoms with E-state index in [-0.39, 0.29) is 29.9 Å². The zero-order valence-electron chi connectivity index (χ0n) is 15.5. The number of hydrogen-bond acceptors (Lipinski definition) is 2. The largest absolute Gasteiger partial charge is 0.356 e. The van der Waals surface area contributed by atoms with Gasteiger partial charge in [0.25, 0.3) is 0 Å². The van der Waals surface area contributed by atoms with E-state index in [1.165, 1.54) is 12.1 Å². The minimum atomic E-state index is -0.554. The number of aliphatic imine (C=N–C) groups is 1. The fourth-order valence-electron chi connectivity index (χ4n) is 3.09. The van der Waals surface area contributed by atoms with Gasteiger partial charge in [-0.3, -0.25) is 9.89 Å². The summed E-state index contributed by atoms with van der Waals surface area (Å²) in [5, 5.41) is 6.67. The maximum absolute atomic E-state index is 13.9. The summed E-state index contributed by atoms with van der Waals surface area (Å²) >= 11 is 0. The second-order valence-electron chi connectivity index (χ2n) is 6.53. The lowest BCUT2D eigenvalue weighted by Crippen LogP contribution is -2.49. The Morgan fingerprint density at radius 2 is 2.08 bits per heavy atom. The first-order chi connectivity index (χ1) is 12.0. The van der Waals surface area contributed by atoms with E-state index in [0.29, 0.717) is 18.2 Å². The number of benzene rings is 1. The average Bonchev–Trinajstić information content (AvgIpc) is 2.60. The molecule has 0 amide bonds. The molecule has 1 aliphatic rings. The van der Waals surface area contributed by atoms with Crippen molar-refractivity contribution in [3.8, 4) is 0 Å². The van der Waals surface area contributed by atoms with Crippen molar-refractivity contribution in [2.75, 3.05) is 33.2 Å². The van der Waals surface area contributed by atoms with Gasteiger partial charge in [0.05, 0.1) is 0 Å². The zero-order chi connectivity index (χ0) is 18.2. The van der Waals surface area contributed by atoms with Crippen LogP contribution in [0, 0.1) is 11.6 Å². The standard InChI is InChI=1S/C19H28F2N4.HI/c1-4-9-25-10-7-16(8-11-25)24-19(22-3)23-13-14(2)17-6-5-15(20)12-18(17)21;/h4-6,12,14,16H,1,7-11,13H2,2-3H3,(H2,22,23,24);1H. The molecule has 1 fully saturated rings. The first-order valence-electron chi connectivity index (χ1n) is 8.78. The van der Waals surface area contributed by atoms with Crippen molar-refractivity contribution in [2.24, 2.45) is 4.99 Å². The van der Waals surface area contributed by atoms with Gasteiger partial charge in [-0.1, -0.05) is 19.1 Å². The molecule has 1 atom stereocenters. The molecule has 26 heavy (non-hydrogen) atoms.